The molecule has 2 rings (SSSR count). The second-order valence-electron chi connectivity index (χ2n) is 4.74. The van der Waals surface area contributed by atoms with Gasteiger partial charge in [-0.05, 0) is 17.5 Å². The minimum atomic E-state index is 0.435. The highest BCUT2D eigenvalue weighted by Crippen LogP contribution is 2.32. The van der Waals surface area contributed by atoms with Crippen LogP contribution < -0.4 is 10.1 Å². The molecule has 1 fully saturated rings. The molecule has 3 heteroatoms. The molecule has 1 aliphatic rings. The van der Waals surface area contributed by atoms with E-state index in [9.17, 15) is 0 Å². The molecule has 2 nitrogen and oxygen atoms in total. The quantitative estimate of drug-likeness (QED) is 0.891. The van der Waals surface area contributed by atoms with Crippen LogP contribution in [0.5, 0.6) is 5.75 Å². The van der Waals surface area contributed by atoms with E-state index in [0.29, 0.717) is 12.0 Å². The van der Waals surface area contributed by atoms with Crippen LogP contribution in [0.1, 0.15) is 36.9 Å². The Hall–Kier alpha value is -0.670. The molecule has 17 heavy (non-hydrogen) atoms. The van der Waals surface area contributed by atoms with Crippen molar-refractivity contribution in [2.75, 3.05) is 25.2 Å². The Bertz CT molecular complexity index is 372. The lowest BCUT2D eigenvalue weighted by Crippen LogP contribution is -2.30. The maximum Gasteiger partial charge on any atom is 0.123 e. The lowest BCUT2D eigenvalue weighted by Gasteiger charge is -2.25. The van der Waals surface area contributed by atoms with Crippen LogP contribution in [0.25, 0.3) is 0 Å². The van der Waals surface area contributed by atoms with Crippen molar-refractivity contribution < 1.29 is 4.74 Å². The molecule has 1 atom stereocenters. The first-order chi connectivity index (χ1) is 8.22. The largest absolute Gasteiger partial charge is 0.496 e. The van der Waals surface area contributed by atoms with Crippen molar-refractivity contribution >= 4 is 11.8 Å². The Kier molecular flexibility index (Phi) is 4.35. The summed E-state index contributed by atoms with van der Waals surface area (Å²) in [6.45, 7) is 5.51. The van der Waals surface area contributed by atoms with Gasteiger partial charge >= 0.3 is 0 Å². The summed E-state index contributed by atoms with van der Waals surface area (Å²) in [5.74, 6) is 3.92. The van der Waals surface area contributed by atoms with Gasteiger partial charge in [0.05, 0.1) is 7.11 Å². The minimum absolute atomic E-state index is 0.435. The van der Waals surface area contributed by atoms with E-state index < -0.39 is 0 Å². The van der Waals surface area contributed by atoms with Crippen LogP contribution in [0, 0.1) is 0 Å². The summed E-state index contributed by atoms with van der Waals surface area (Å²) >= 11 is 2.01. The number of thioether (sulfide) groups is 1. The number of methoxy groups -OCH3 is 1. The highest BCUT2D eigenvalue weighted by molar-refractivity contribution is 7.99. The van der Waals surface area contributed by atoms with E-state index in [0.717, 1.165) is 18.0 Å². The highest BCUT2D eigenvalue weighted by Gasteiger charge is 2.19. The molecular weight excluding hydrogens is 230 g/mol. The van der Waals surface area contributed by atoms with E-state index >= 15 is 0 Å². The van der Waals surface area contributed by atoms with Crippen LogP contribution in [0.3, 0.4) is 0 Å². The smallest absolute Gasteiger partial charge is 0.123 e. The summed E-state index contributed by atoms with van der Waals surface area (Å²) < 4.78 is 5.54. The molecule has 1 unspecified atom stereocenters. The summed E-state index contributed by atoms with van der Waals surface area (Å²) in [5.41, 5.74) is 2.64. The van der Waals surface area contributed by atoms with Crippen molar-refractivity contribution in [1.82, 2.24) is 5.32 Å². The van der Waals surface area contributed by atoms with Crippen LogP contribution in [0.15, 0.2) is 18.2 Å². The molecule has 1 aromatic carbocycles. The third kappa shape index (κ3) is 2.96. The SMILES string of the molecule is COc1cc(C(C)C)ccc1C1CSCCN1. The molecule has 0 bridgehead atoms. The first kappa shape index (κ1) is 12.8. The third-order valence-corrected chi connectivity index (χ3v) is 4.28. The number of ether oxygens (including phenoxy) is 1. The van der Waals surface area contributed by atoms with Gasteiger partial charge in [-0.3, -0.25) is 0 Å². The average molecular weight is 251 g/mol. The van der Waals surface area contributed by atoms with Gasteiger partial charge in [-0.2, -0.15) is 11.8 Å². The normalized spacial score (nSPS) is 20.6. The van der Waals surface area contributed by atoms with Gasteiger partial charge in [0, 0.05) is 29.7 Å². The Morgan fingerprint density at radius 1 is 1.41 bits per heavy atom. The van der Waals surface area contributed by atoms with Gasteiger partial charge < -0.3 is 10.1 Å². The zero-order valence-corrected chi connectivity index (χ0v) is 11.6. The summed E-state index contributed by atoms with van der Waals surface area (Å²) in [6, 6.07) is 7.06. The molecule has 0 aromatic heterocycles. The molecule has 0 aliphatic carbocycles. The van der Waals surface area contributed by atoms with E-state index in [1.165, 1.54) is 16.9 Å². The lowest BCUT2D eigenvalue weighted by atomic mass is 9.98. The maximum atomic E-state index is 5.54. The van der Waals surface area contributed by atoms with Crippen LogP contribution in [-0.4, -0.2) is 25.2 Å². The fourth-order valence-corrected chi connectivity index (χ4v) is 3.10. The topological polar surface area (TPSA) is 21.3 Å². The van der Waals surface area contributed by atoms with E-state index in [-0.39, 0.29) is 0 Å². The van der Waals surface area contributed by atoms with Crippen molar-refractivity contribution in [1.29, 1.82) is 0 Å². The molecule has 1 N–H and O–H groups in total. The van der Waals surface area contributed by atoms with Crippen molar-refractivity contribution in [2.45, 2.75) is 25.8 Å². The van der Waals surface area contributed by atoms with Crippen molar-refractivity contribution in [3.63, 3.8) is 0 Å². The van der Waals surface area contributed by atoms with Gasteiger partial charge in [0.2, 0.25) is 0 Å². The highest BCUT2D eigenvalue weighted by atomic mass is 32.2. The fraction of sp³-hybridized carbons (Fsp3) is 0.571. The molecule has 1 saturated heterocycles. The van der Waals surface area contributed by atoms with Gasteiger partial charge in [0.15, 0.2) is 0 Å². The van der Waals surface area contributed by atoms with Gasteiger partial charge in [-0.1, -0.05) is 26.0 Å². The molecular formula is C14H21NOS. The van der Waals surface area contributed by atoms with E-state index in [4.69, 9.17) is 4.74 Å². The van der Waals surface area contributed by atoms with E-state index in [2.05, 4.69) is 37.4 Å². The maximum absolute atomic E-state index is 5.54. The standard InChI is InChI=1S/C14H21NOS/c1-10(2)11-4-5-12(14(8-11)16-3)13-9-17-7-6-15-13/h4-5,8,10,13,15H,6-7,9H2,1-3H3. The minimum Gasteiger partial charge on any atom is -0.496 e. The summed E-state index contributed by atoms with van der Waals surface area (Å²) in [6.07, 6.45) is 0. The Morgan fingerprint density at radius 2 is 2.24 bits per heavy atom. The average Bonchev–Trinajstić information content (AvgIpc) is 2.39. The van der Waals surface area contributed by atoms with Crippen molar-refractivity contribution in [3.05, 3.63) is 29.3 Å². The molecule has 94 valence electrons. The van der Waals surface area contributed by atoms with Gasteiger partial charge in [0.25, 0.3) is 0 Å². The summed E-state index contributed by atoms with van der Waals surface area (Å²) in [5, 5.41) is 3.56. The van der Waals surface area contributed by atoms with Crippen LogP contribution in [0.4, 0.5) is 0 Å². The molecule has 1 heterocycles. The van der Waals surface area contributed by atoms with Gasteiger partial charge in [-0.15, -0.1) is 0 Å². The van der Waals surface area contributed by atoms with Gasteiger partial charge in [0.1, 0.15) is 5.75 Å². The first-order valence-electron chi connectivity index (χ1n) is 6.21. The monoisotopic (exact) mass is 251 g/mol. The zero-order valence-electron chi connectivity index (χ0n) is 10.8. The number of benzene rings is 1. The Morgan fingerprint density at radius 3 is 2.82 bits per heavy atom. The fourth-order valence-electron chi connectivity index (χ4n) is 2.14. The Labute approximate surface area is 108 Å². The number of rotatable bonds is 3. The third-order valence-electron chi connectivity index (χ3n) is 3.22. The zero-order chi connectivity index (χ0) is 12.3. The number of hydrogen-bond acceptors (Lipinski definition) is 3. The predicted octanol–water partition coefficient (Wildman–Crippen LogP) is 3.20. The predicted molar refractivity (Wildman–Crippen MR) is 75.2 cm³/mol. The molecule has 0 amide bonds. The van der Waals surface area contributed by atoms with E-state index in [1.807, 2.05) is 11.8 Å². The second kappa shape index (κ2) is 5.78. The molecule has 0 saturated carbocycles. The summed E-state index contributed by atoms with van der Waals surface area (Å²) in [7, 11) is 1.76. The Balaban J connectivity index is 2.26. The summed E-state index contributed by atoms with van der Waals surface area (Å²) in [4.78, 5) is 0. The van der Waals surface area contributed by atoms with Gasteiger partial charge in [-0.25, -0.2) is 0 Å². The van der Waals surface area contributed by atoms with Crippen LogP contribution >= 0.6 is 11.8 Å². The van der Waals surface area contributed by atoms with E-state index in [1.54, 1.807) is 7.11 Å². The number of hydrogen-bond donors (Lipinski definition) is 1. The van der Waals surface area contributed by atoms with Crippen LogP contribution in [0.2, 0.25) is 0 Å². The first-order valence-corrected chi connectivity index (χ1v) is 7.36. The second-order valence-corrected chi connectivity index (χ2v) is 5.89. The molecule has 0 spiro atoms. The molecule has 1 aromatic rings. The van der Waals surface area contributed by atoms with Crippen LogP contribution in [-0.2, 0) is 0 Å². The van der Waals surface area contributed by atoms with Crippen molar-refractivity contribution in [2.24, 2.45) is 0 Å². The van der Waals surface area contributed by atoms with Crippen molar-refractivity contribution in [3.8, 4) is 5.75 Å². The lowest BCUT2D eigenvalue weighted by molar-refractivity contribution is 0.401. The molecule has 0 radical (unpaired) electrons. The number of nitrogens with one attached hydrogen (secondary N) is 1. The molecule has 1 aliphatic heterocycles.